The van der Waals surface area contributed by atoms with Crippen LogP contribution in [0.4, 0.5) is 5.69 Å². The van der Waals surface area contributed by atoms with Crippen molar-refractivity contribution >= 4 is 16.7 Å². The molecule has 0 amide bonds. The van der Waals surface area contributed by atoms with Gasteiger partial charge in [0.15, 0.2) is 0 Å². The summed E-state index contributed by atoms with van der Waals surface area (Å²) in [6.07, 6.45) is 3.46. The second-order valence-electron chi connectivity index (χ2n) is 6.49. The maximum absolute atomic E-state index is 5.13. The van der Waals surface area contributed by atoms with Crippen molar-refractivity contribution in [3.05, 3.63) is 48.2 Å². The molecule has 0 spiro atoms. The van der Waals surface area contributed by atoms with E-state index in [1.165, 1.54) is 0 Å². The van der Waals surface area contributed by atoms with Gasteiger partial charge in [0.2, 0.25) is 0 Å². The van der Waals surface area contributed by atoms with Crippen LogP contribution in [0.2, 0.25) is 0 Å². The third-order valence-corrected chi connectivity index (χ3v) is 3.62. The number of hydrogen-bond donors (Lipinski definition) is 2. The summed E-state index contributed by atoms with van der Waals surface area (Å²) in [6.45, 7) is 8.59. The summed E-state index contributed by atoms with van der Waals surface area (Å²) in [5.74, 6) is 1.01. The van der Waals surface area contributed by atoms with Gasteiger partial charge in [0.25, 0.3) is 0 Å². The summed E-state index contributed by atoms with van der Waals surface area (Å²) in [4.78, 5) is 8.07. The van der Waals surface area contributed by atoms with Crippen LogP contribution < -0.4 is 5.32 Å². The van der Waals surface area contributed by atoms with Crippen LogP contribution in [0.15, 0.2) is 41.2 Å². The van der Waals surface area contributed by atoms with E-state index in [2.05, 4.69) is 55.1 Å². The van der Waals surface area contributed by atoms with Gasteiger partial charge in [0, 0.05) is 16.7 Å². The Labute approximate surface area is 124 Å². The molecule has 2 heterocycles. The molecule has 4 nitrogen and oxygen atoms in total. The minimum atomic E-state index is 0.0245. The summed E-state index contributed by atoms with van der Waals surface area (Å²) in [7, 11) is 0. The van der Waals surface area contributed by atoms with Gasteiger partial charge in [-0.3, -0.25) is 0 Å². The molecule has 0 radical (unpaired) electrons. The van der Waals surface area contributed by atoms with Gasteiger partial charge in [0.1, 0.15) is 5.82 Å². The summed E-state index contributed by atoms with van der Waals surface area (Å²) in [6, 6.07) is 8.39. The molecular formula is C17H21N3O. The lowest BCUT2D eigenvalue weighted by molar-refractivity contribution is 0.554. The van der Waals surface area contributed by atoms with Crippen LogP contribution in [0.25, 0.3) is 11.0 Å². The van der Waals surface area contributed by atoms with E-state index >= 15 is 0 Å². The molecule has 0 saturated carbocycles. The molecule has 0 saturated heterocycles. The van der Waals surface area contributed by atoms with Crippen LogP contribution in [0.3, 0.4) is 0 Å². The van der Waals surface area contributed by atoms with Gasteiger partial charge in [-0.25, -0.2) is 4.98 Å². The maximum atomic E-state index is 5.13. The first kappa shape index (κ1) is 13.7. The number of benzene rings is 1. The first-order valence-electron chi connectivity index (χ1n) is 7.22. The molecule has 1 unspecified atom stereocenters. The Morgan fingerprint density at radius 1 is 1.24 bits per heavy atom. The summed E-state index contributed by atoms with van der Waals surface area (Å²) in [5.41, 5.74) is 4.29. The molecule has 1 atom stereocenters. The Morgan fingerprint density at radius 2 is 2.05 bits per heavy atom. The third-order valence-electron chi connectivity index (χ3n) is 3.62. The number of nitrogens with one attached hydrogen (secondary N) is 2. The smallest absolute Gasteiger partial charge is 0.112 e. The highest BCUT2D eigenvalue weighted by Crippen LogP contribution is 2.26. The minimum Gasteiger partial charge on any atom is -0.472 e. The number of H-pyrrole nitrogens is 1. The number of furan rings is 1. The quantitative estimate of drug-likeness (QED) is 0.737. The first-order chi connectivity index (χ1) is 9.93. The van der Waals surface area contributed by atoms with Gasteiger partial charge in [-0.1, -0.05) is 20.8 Å². The number of rotatable bonds is 3. The van der Waals surface area contributed by atoms with Crippen molar-refractivity contribution in [1.29, 1.82) is 0 Å². The molecule has 1 aromatic carbocycles. The molecule has 4 heteroatoms. The largest absolute Gasteiger partial charge is 0.472 e. The molecule has 0 bridgehead atoms. The van der Waals surface area contributed by atoms with Gasteiger partial charge in [-0.2, -0.15) is 0 Å². The van der Waals surface area contributed by atoms with Gasteiger partial charge in [0.05, 0.1) is 29.6 Å². The Morgan fingerprint density at radius 3 is 2.71 bits per heavy atom. The average molecular weight is 283 g/mol. The van der Waals surface area contributed by atoms with E-state index in [4.69, 9.17) is 4.42 Å². The number of nitrogens with zero attached hydrogens (tertiary/aromatic N) is 1. The van der Waals surface area contributed by atoms with Crippen LogP contribution in [-0.4, -0.2) is 9.97 Å². The second kappa shape index (κ2) is 4.95. The van der Waals surface area contributed by atoms with E-state index in [0.717, 1.165) is 28.1 Å². The summed E-state index contributed by atoms with van der Waals surface area (Å²) < 4.78 is 5.13. The minimum absolute atomic E-state index is 0.0245. The van der Waals surface area contributed by atoms with E-state index in [9.17, 15) is 0 Å². The monoisotopic (exact) mass is 283 g/mol. The highest BCUT2D eigenvalue weighted by Gasteiger charge is 2.18. The van der Waals surface area contributed by atoms with Crippen molar-refractivity contribution in [2.75, 3.05) is 5.32 Å². The Kier molecular flexibility index (Phi) is 3.24. The van der Waals surface area contributed by atoms with E-state index < -0.39 is 0 Å². The Balaban J connectivity index is 1.87. The van der Waals surface area contributed by atoms with Gasteiger partial charge < -0.3 is 14.7 Å². The first-order valence-corrected chi connectivity index (χ1v) is 7.22. The number of anilines is 1. The fraction of sp³-hybridized carbons (Fsp3) is 0.353. The maximum Gasteiger partial charge on any atom is 0.112 e. The molecular weight excluding hydrogens is 262 g/mol. The van der Waals surface area contributed by atoms with Crippen LogP contribution in [0, 0.1) is 0 Å². The summed E-state index contributed by atoms with van der Waals surface area (Å²) in [5, 5.41) is 3.48. The number of imidazole rings is 1. The molecule has 0 aliphatic carbocycles. The van der Waals surface area contributed by atoms with Crippen molar-refractivity contribution in [1.82, 2.24) is 9.97 Å². The van der Waals surface area contributed by atoms with Crippen molar-refractivity contribution in [3.8, 4) is 0 Å². The molecule has 3 rings (SSSR count). The van der Waals surface area contributed by atoms with Crippen LogP contribution in [-0.2, 0) is 5.41 Å². The zero-order chi connectivity index (χ0) is 15.0. The summed E-state index contributed by atoms with van der Waals surface area (Å²) >= 11 is 0. The Hall–Kier alpha value is -2.23. The predicted molar refractivity (Wildman–Crippen MR) is 85.5 cm³/mol. The van der Waals surface area contributed by atoms with Crippen molar-refractivity contribution in [3.63, 3.8) is 0 Å². The van der Waals surface area contributed by atoms with Crippen LogP contribution in [0.1, 0.15) is 45.1 Å². The second-order valence-corrected chi connectivity index (χ2v) is 6.49. The number of hydrogen-bond acceptors (Lipinski definition) is 3. The average Bonchev–Trinajstić information content (AvgIpc) is 3.06. The molecule has 21 heavy (non-hydrogen) atoms. The normalized spacial score (nSPS) is 13.5. The third kappa shape index (κ3) is 2.79. The van der Waals surface area contributed by atoms with Gasteiger partial charge in [-0.05, 0) is 31.2 Å². The fourth-order valence-electron chi connectivity index (χ4n) is 2.31. The molecule has 3 aromatic rings. The lowest BCUT2D eigenvalue weighted by atomic mass is 9.96. The van der Waals surface area contributed by atoms with Crippen molar-refractivity contribution in [2.24, 2.45) is 0 Å². The molecule has 0 aliphatic rings. The topological polar surface area (TPSA) is 53.9 Å². The highest BCUT2D eigenvalue weighted by atomic mass is 16.3. The lowest BCUT2D eigenvalue weighted by Crippen LogP contribution is -2.12. The number of aromatic nitrogens is 2. The SMILES string of the molecule is CC(Nc1ccc2nc(C(C)(C)C)[nH]c2c1)c1ccoc1. The van der Waals surface area contributed by atoms with Crippen molar-refractivity contribution in [2.45, 2.75) is 39.2 Å². The van der Waals surface area contributed by atoms with E-state index in [1.807, 2.05) is 12.1 Å². The molecule has 2 aromatic heterocycles. The standard InChI is InChI=1S/C17H21N3O/c1-11(12-7-8-21-10-12)18-13-5-6-14-15(9-13)20-16(19-14)17(2,3)4/h5-11,18H,1-4H3,(H,19,20). The molecule has 2 N–H and O–H groups in total. The van der Waals surface area contributed by atoms with Crippen LogP contribution >= 0.6 is 0 Å². The van der Waals surface area contributed by atoms with Crippen LogP contribution in [0.5, 0.6) is 0 Å². The molecule has 0 aliphatic heterocycles. The lowest BCUT2D eigenvalue weighted by Gasteiger charge is -2.14. The molecule has 110 valence electrons. The zero-order valence-electron chi connectivity index (χ0n) is 12.9. The number of fused-ring (bicyclic) bond motifs is 1. The fourth-order valence-corrected chi connectivity index (χ4v) is 2.31. The predicted octanol–water partition coefficient (Wildman–Crippen LogP) is 4.63. The molecule has 0 fully saturated rings. The van der Waals surface area contributed by atoms with E-state index in [0.29, 0.717) is 0 Å². The zero-order valence-corrected chi connectivity index (χ0v) is 12.9. The number of aromatic amines is 1. The van der Waals surface area contributed by atoms with Gasteiger partial charge in [-0.15, -0.1) is 0 Å². The van der Waals surface area contributed by atoms with E-state index in [1.54, 1.807) is 12.5 Å². The highest BCUT2D eigenvalue weighted by molar-refractivity contribution is 5.79. The Bertz CT molecular complexity index is 735. The van der Waals surface area contributed by atoms with E-state index in [-0.39, 0.29) is 11.5 Å². The van der Waals surface area contributed by atoms with Gasteiger partial charge >= 0.3 is 0 Å². The van der Waals surface area contributed by atoms with Crippen molar-refractivity contribution < 1.29 is 4.42 Å².